The van der Waals surface area contributed by atoms with E-state index in [2.05, 4.69) is 33.5 Å². The van der Waals surface area contributed by atoms with Gasteiger partial charge < -0.3 is 21.5 Å². The van der Waals surface area contributed by atoms with Crippen LogP contribution in [-0.4, -0.2) is 28.7 Å². The third-order valence-corrected chi connectivity index (χ3v) is 7.31. The number of anilines is 1. The zero-order valence-electron chi connectivity index (χ0n) is 16.9. The number of carbonyl (C=O) groups excluding carboxylic acids is 1. The smallest absolute Gasteiger partial charge is 0.251 e. The molecule has 1 aromatic carbocycles. The third-order valence-electron chi connectivity index (χ3n) is 6.65. The first kappa shape index (κ1) is 21.6. The Morgan fingerprint density at radius 2 is 1.89 bits per heavy atom. The largest absolute Gasteiger partial charge is 0.398 e. The summed E-state index contributed by atoms with van der Waals surface area (Å²) in [6.45, 7) is 2.93. The van der Waals surface area contributed by atoms with Gasteiger partial charge in [0, 0.05) is 28.2 Å². The van der Waals surface area contributed by atoms with Crippen LogP contribution >= 0.6 is 15.9 Å². The number of halogens is 1. The number of hydrogen-bond acceptors (Lipinski definition) is 4. The van der Waals surface area contributed by atoms with Crippen LogP contribution in [0.3, 0.4) is 0 Å². The molecule has 0 spiro atoms. The van der Waals surface area contributed by atoms with Crippen molar-refractivity contribution < 1.29 is 9.90 Å². The van der Waals surface area contributed by atoms with E-state index in [1.54, 1.807) is 0 Å². The van der Waals surface area contributed by atoms with Gasteiger partial charge in [-0.05, 0) is 78.6 Å². The Morgan fingerprint density at radius 3 is 2.54 bits per heavy atom. The van der Waals surface area contributed by atoms with E-state index in [9.17, 15) is 9.90 Å². The maximum absolute atomic E-state index is 12.8. The third kappa shape index (κ3) is 5.28. The fraction of sp³-hybridized carbons (Fsp3) is 0.682. The first-order valence-electron chi connectivity index (χ1n) is 10.7. The average molecular weight is 452 g/mol. The lowest BCUT2D eigenvalue weighted by atomic mass is 9.79. The van der Waals surface area contributed by atoms with E-state index in [-0.39, 0.29) is 23.6 Å². The van der Waals surface area contributed by atoms with Gasteiger partial charge in [0.25, 0.3) is 5.91 Å². The van der Waals surface area contributed by atoms with Crippen molar-refractivity contribution in [1.29, 1.82) is 0 Å². The molecule has 6 heteroatoms. The van der Waals surface area contributed by atoms with Gasteiger partial charge in [-0.15, -0.1) is 0 Å². The maximum Gasteiger partial charge on any atom is 0.251 e. The summed E-state index contributed by atoms with van der Waals surface area (Å²) >= 11 is 3.53. The molecule has 0 aromatic heterocycles. The first-order chi connectivity index (χ1) is 13.4. The lowest BCUT2D eigenvalue weighted by Gasteiger charge is -2.38. The molecular formula is C22H34BrN3O2. The lowest BCUT2D eigenvalue weighted by molar-refractivity contribution is 0.0867. The number of rotatable bonds is 6. The molecule has 1 aromatic rings. The van der Waals surface area contributed by atoms with Crippen molar-refractivity contribution in [3.05, 3.63) is 27.7 Å². The Bertz CT molecular complexity index is 681. The van der Waals surface area contributed by atoms with Crippen LogP contribution in [0.5, 0.6) is 0 Å². The molecule has 5 N–H and O–H groups in total. The Morgan fingerprint density at radius 1 is 1.21 bits per heavy atom. The highest BCUT2D eigenvalue weighted by Gasteiger charge is 2.29. The second-order valence-corrected chi connectivity index (χ2v) is 9.41. The summed E-state index contributed by atoms with van der Waals surface area (Å²) in [5.41, 5.74) is 8.81. The monoisotopic (exact) mass is 451 g/mol. The minimum Gasteiger partial charge on any atom is -0.398 e. The maximum atomic E-state index is 12.8. The van der Waals surface area contributed by atoms with Gasteiger partial charge in [-0.3, -0.25) is 4.79 Å². The quantitative estimate of drug-likeness (QED) is 0.486. The van der Waals surface area contributed by atoms with Crippen LogP contribution in [0.15, 0.2) is 16.6 Å². The zero-order valence-corrected chi connectivity index (χ0v) is 18.5. The van der Waals surface area contributed by atoms with Crippen LogP contribution in [0.4, 0.5) is 5.69 Å². The SMILES string of the molecule is CCC1(NCc2cc(C(=O)N[C@H]3CC[C@H](O)CC3)cc(Br)c2N)CCCCC1. The topological polar surface area (TPSA) is 87.4 Å². The molecule has 2 aliphatic rings. The highest BCUT2D eigenvalue weighted by atomic mass is 79.9. The second-order valence-electron chi connectivity index (χ2n) is 8.56. The molecule has 2 aliphatic carbocycles. The highest BCUT2D eigenvalue weighted by Crippen LogP contribution is 2.32. The molecular weight excluding hydrogens is 418 g/mol. The van der Waals surface area contributed by atoms with Crippen LogP contribution in [0.2, 0.25) is 0 Å². The summed E-state index contributed by atoms with van der Waals surface area (Å²) in [5, 5.41) is 16.5. The van der Waals surface area contributed by atoms with Crippen molar-refractivity contribution in [3.8, 4) is 0 Å². The molecule has 0 unspecified atom stereocenters. The molecule has 0 heterocycles. The molecule has 0 saturated heterocycles. The minimum atomic E-state index is -0.220. The van der Waals surface area contributed by atoms with Crippen molar-refractivity contribution in [2.24, 2.45) is 0 Å². The highest BCUT2D eigenvalue weighted by molar-refractivity contribution is 9.10. The van der Waals surface area contributed by atoms with Crippen LogP contribution in [0.1, 0.15) is 87.1 Å². The van der Waals surface area contributed by atoms with Crippen LogP contribution in [0.25, 0.3) is 0 Å². The molecule has 0 aliphatic heterocycles. The Balaban J connectivity index is 1.68. The van der Waals surface area contributed by atoms with Crippen LogP contribution in [-0.2, 0) is 6.54 Å². The number of hydrogen-bond donors (Lipinski definition) is 4. The predicted octanol–water partition coefficient (Wildman–Crippen LogP) is 4.27. The number of nitrogens with two attached hydrogens (primary N) is 1. The number of aliphatic hydroxyl groups is 1. The number of benzene rings is 1. The van der Waals surface area contributed by atoms with Gasteiger partial charge in [0.15, 0.2) is 0 Å². The van der Waals surface area contributed by atoms with Crippen LogP contribution < -0.4 is 16.4 Å². The van der Waals surface area contributed by atoms with E-state index in [4.69, 9.17) is 5.73 Å². The van der Waals surface area contributed by atoms with Crippen molar-refractivity contribution in [2.75, 3.05) is 5.73 Å². The minimum absolute atomic E-state index is 0.0637. The molecule has 0 bridgehead atoms. The molecule has 2 saturated carbocycles. The molecule has 1 amide bonds. The van der Waals surface area contributed by atoms with Gasteiger partial charge in [-0.1, -0.05) is 26.2 Å². The Kier molecular flexibility index (Phi) is 7.40. The molecule has 2 fully saturated rings. The second kappa shape index (κ2) is 9.59. The first-order valence-corrected chi connectivity index (χ1v) is 11.5. The number of amides is 1. The van der Waals surface area contributed by atoms with E-state index >= 15 is 0 Å². The van der Waals surface area contributed by atoms with Gasteiger partial charge in [0.1, 0.15) is 0 Å². The van der Waals surface area contributed by atoms with Gasteiger partial charge in [-0.25, -0.2) is 0 Å². The van der Waals surface area contributed by atoms with Crippen molar-refractivity contribution in [2.45, 2.75) is 95.4 Å². The average Bonchev–Trinajstić information content (AvgIpc) is 2.71. The fourth-order valence-electron chi connectivity index (χ4n) is 4.61. The molecule has 28 heavy (non-hydrogen) atoms. The van der Waals surface area contributed by atoms with Gasteiger partial charge >= 0.3 is 0 Å². The summed E-state index contributed by atoms with van der Waals surface area (Å²) in [6, 6.07) is 3.87. The molecule has 0 atom stereocenters. The molecule has 156 valence electrons. The van der Waals surface area contributed by atoms with Crippen LogP contribution in [0, 0.1) is 0 Å². The van der Waals surface area contributed by atoms with E-state index in [1.165, 1.54) is 32.1 Å². The van der Waals surface area contributed by atoms with E-state index in [0.29, 0.717) is 17.8 Å². The normalized spacial score (nSPS) is 24.7. The number of aliphatic hydroxyl groups excluding tert-OH is 1. The van der Waals surface area contributed by atoms with Crippen molar-refractivity contribution in [3.63, 3.8) is 0 Å². The molecule has 0 radical (unpaired) electrons. The van der Waals surface area contributed by atoms with E-state index in [0.717, 1.165) is 42.1 Å². The fourth-order valence-corrected chi connectivity index (χ4v) is 5.11. The summed E-state index contributed by atoms with van der Waals surface area (Å²) in [6.07, 6.45) is 10.4. The number of carbonyl (C=O) groups is 1. The van der Waals surface area contributed by atoms with Crippen molar-refractivity contribution in [1.82, 2.24) is 10.6 Å². The van der Waals surface area contributed by atoms with Crippen molar-refractivity contribution >= 4 is 27.5 Å². The van der Waals surface area contributed by atoms with E-state index in [1.807, 2.05) is 12.1 Å². The Labute approximate surface area is 177 Å². The van der Waals surface area contributed by atoms with Gasteiger partial charge in [0.05, 0.1) is 11.8 Å². The Hall–Kier alpha value is -1.11. The lowest BCUT2D eigenvalue weighted by Crippen LogP contribution is -2.45. The summed E-state index contributed by atoms with van der Waals surface area (Å²) in [4.78, 5) is 12.8. The summed E-state index contributed by atoms with van der Waals surface area (Å²) < 4.78 is 0.769. The number of nitrogens with one attached hydrogen (secondary N) is 2. The summed E-state index contributed by atoms with van der Waals surface area (Å²) in [7, 11) is 0. The standard InChI is InChI=1S/C22H34BrN3O2/c1-2-22(10-4-3-5-11-22)25-14-16-12-15(13-19(23)20(16)24)21(28)26-17-6-8-18(27)9-7-17/h12-13,17-18,25,27H,2-11,14,24H2,1H3,(H,26,28)/t17-,18-. The van der Waals surface area contributed by atoms with E-state index < -0.39 is 0 Å². The van der Waals surface area contributed by atoms with Gasteiger partial charge in [-0.2, -0.15) is 0 Å². The molecule has 3 rings (SSSR count). The zero-order chi connectivity index (χ0) is 20.1. The summed E-state index contributed by atoms with van der Waals surface area (Å²) in [5.74, 6) is -0.0637. The predicted molar refractivity (Wildman–Crippen MR) is 117 cm³/mol. The van der Waals surface area contributed by atoms with Gasteiger partial charge in [0.2, 0.25) is 0 Å². The molecule has 5 nitrogen and oxygen atoms in total. The number of nitrogen functional groups attached to an aromatic ring is 1.